The highest BCUT2D eigenvalue weighted by Gasteiger charge is 2.40. The van der Waals surface area contributed by atoms with Crippen molar-refractivity contribution in [3.8, 4) is 0 Å². The molecule has 0 spiro atoms. The molecule has 0 aliphatic carbocycles. The topological polar surface area (TPSA) is 32.8 Å². The Balaban J connectivity index is 1.67. The number of carbonyl (C=O) groups excluding carboxylic acids is 1. The number of hydrogen-bond donors (Lipinski definition) is 0. The molecule has 0 radical (unpaired) electrons. The maximum absolute atomic E-state index is 13.3. The summed E-state index contributed by atoms with van der Waals surface area (Å²) in [5.41, 5.74) is -2.93. The Morgan fingerprint density at radius 2 is 1.47 bits per heavy atom. The molecule has 2 aliphatic rings. The highest BCUT2D eigenvalue weighted by molar-refractivity contribution is 6.42. The second-order valence-corrected chi connectivity index (χ2v) is 9.64. The van der Waals surface area contributed by atoms with E-state index in [2.05, 4.69) is 4.90 Å². The van der Waals surface area contributed by atoms with Gasteiger partial charge in [-0.2, -0.15) is 26.3 Å². The summed E-state index contributed by atoms with van der Waals surface area (Å²) in [7, 11) is 0. The van der Waals surface area contributed by atoms with Crippen molar-refractivity contribution < 1.29 is 35.9 Å². The molecule has 0 unspecified atom stereocenters. The van der Waals surface area contributed by atoms with Crippen molar-refractivity contribution in [1.82, 2.24) is 9.80 Å². The van der Waals surface area contributed by atoms with Crippen molar-refractivity contribution in [2.45, 2.75) is 30.7 Å². The largest absolute Gasteiger partial charge is 0.416 e. The minimum absolute atomic E-state index is 0.0138. The summed E-state index contributed by atoms with van der Waals surface area (Å²) in [6, 6.07) is 6.01. The Kier molecular flexibility index (Phi) is 7.81. The van der Waals surface area contributed by atoms with E-state index >= 15 is 0 Å². The third-order valence-corrected chi connectivity index (χ3v) is 7.32. The van der Waals surface area contributed by atoms with Crippen LogP contribution in [0.15, 0.2) is 36.4 Å². The van der Waals surface area contributed by atoms with Gasteiger partial charge in [0.15, 0.2) is 0 Å². The first kappa shape index (κ1) is 27.0. The van der Waals surface area contributed by atoms with Crippen LogP contribution in [0.2, 0.25) is 10.0 Å². The van der Waals surface area contributed by atoms with Gasteiger partial charge in [0.1, 0.15) is 0 Å². The van der Waals surface area contributed by atoms with Gasteiger partial charge in [-0.3, -0.25) is 9.69 Å². The summed E-state index contributed by atoms with van der Waals surface area (Å²) in [6.45, 7) is 2.68. The fourth-order valence-corrected chi connectivity index (χ4v) is 5.11. The van der Waals surface area contributed by atoms with E-state index in [1.165, 1.54) is 4.90 Å². The molecule has 0 saturated carbocycles. The number of morpholine rings is 1. The zero-order valence-corrected chi connectivity index (χ0v) is 20.3. The molecule has 196 valence electrons. The van der Waals surface area contributed by atoms with Gasteiger partial charge in [0, 0.05) is 43.7 Å². The fraction of sp³-hybridized carbons (Fsp3) is 0.458. The molecule has 0 bridgehead atoms. The first-order valence-corrected chi connectivity index (χ1v) is 12.0. The number of alkyl halides is 6. The van der Waals surface area contributed by atoms with Crippen LogP contribution in [0.25, 0.3) is 0 Å². The summed E-state index contributed by atoms with van der Waals surface area (Å²) in [6.07, 6.45) is -9.61. The molecule has 2 fully saturated rings. The SMILES string of the molecule is O=C(c1cc(C(F)(F)F)cc(C(F)(F)F)c1)N1CC[C@@H](N2CCOCC2)[C@@H](c2ccc(Cl)c(Cl)c2)C1. The predicted molar refractivity (Wildman–Crippen MR) is 122 cm³/mol. The number of ether oxygens (including phenoxy) is 1. The predicted octanol–water partition coefficient (Wildman–Crippen LogP) is 6.36. The average Bonchev–Trinajstić information content (AvgIpc) is 2.84. The molecule has 2 saturated heterocycles. The first-order valence-electron chi connectivity index (χ1n) is 11.2. The minimum atomic E-state index is -5.04. The number of hydrogen-bond acceptors (Lipinski definition) is 3. The average molecular weight is 555 g/mol. The van der Waals surface area contributed by atoms with Crippen LogP contribution < -0.4 is 0 Å². The summed E-state index contributed by atoms with van der Waals surface area (Å²) >= 11 is 12.3. The molecule has 4 rings (SSSR count). The lowest BCUT2D eigenvalue weighted by Gasteiger charge is -2.45. The number of benzene rings is 2. The van der Waals surface area contributed by atoms with Gasteiger partial charge in [-0.1, -0.05) is 29.3 Å². The van der Waals surface area contributed by atoms with Crippen molar-refractivity contribution >= 4 is 29.1 Å². The number of rotatable bonds is 3. The molecule has 2 heterocycles. The summed E-state index contributed by atoms with van der Waals surface area (Å²) in [4.78, 5) is 16.8. The van der Waals surface area contributed by atoms with Gasteiger partial charge in [-0.25, -0.2) is 0 Å². The summed E-state index contributed by atoms with van der Waals surface area (Å²) in [5, 5.41) is 0.654. The van der Waals surface area contributed by atoms with Crippen LogP contribution in [0.3, 0.4) is 0 Å². The van der Waals surface area contributed by atoms with Gasteiger partial charge in [-0.05, 0) is 42.3 Å². The van der Waals surface area contributed by atoms with E-state index in [0.29, 0.717) is 54.9 Å². The van der Waals surface area contributed by atoms with E-state index in [-0.39, 0.29) is 31.1 Å². The van der Waals surface area contributed by atoms with Gasteiger partial charge in [0.25, 0.3) is 5.91 Å². The highest BCUT2D eigenvalue weighted by atomic mass is 35.5. The van der Waals surface area contributed by atoms with Crippen molar-refractivity contribution in [1.29, 1.82) is 0 Å². The maximum atomic E-state index is 13.3. The van der Waals surface area contributed by atoms with Gasteiger partial charge in [0.05, 0.1) is 34.4 Å². The quantitative estimate of drug-likeness (QED) is 0.414. The van der Waals surface area contributed by atoms with Crippen LogP contribution in [0.4, 0.5) is 26.3 Å². The number of halogens is 8. The van der Waals surface area contributed by atoms with Crippen LogP contribution in [-0.4, -0.2) is 61.1 Å². The third kappa shape index (κ3) is 5.93. The first-order chi connectivity index (χ1) is 16.8. The standard InChI is InChI=1S/C24H22Cl2F6N2O2/c25-19-2-1-14(11-20(19)26)18-13-34(4-3-21(18)33-5-7-36-8-6-33)22(35)15-9-16(23(27,28)29)12-17(10-15)24(30,31)32/h1-2,9-12,18,21H,3-8,13H2/t18-,21-/m1/s1. The molecule has 2 aliphatic heterocycles. The van der Waals surface area contributed by atoms with E-state index < -0.39 is 35.0 Å². The van der Waals surface area contributed by atoms with Crippen molar-refractivity contribution in [2.75, 3.05) is 39.4 Å². The van der Waals surface area contributed by atoms with Crippen molar-refractivity contribution in [2.24, 2.45) is 0 Å². The van der Waals surface area contributed by atoms with E-state index in [4.69, 9.17) is 27.9 Å². The van der Waals surface area contributed by atoms with E-state index in [1.54, 1.807) is 18.2 Å². The number of nitrogens with zero attached hydrogens (tertiary/aromatic N) is 2. The second kappa shape index (κ2) is 10.4. The number of carbonyl (C=O) groups is 1. The van der Waals surface area contributed by atoms with E-state index in [1.807, 2.05) is 0 Å². The summed E-state index contributed by atoms with van der Waals surface area (Å²) < 4.78 is 85.4. The zero-order valence-electron chi connectivity index (χ0n) is 18.8. The Morgan fingerprint density at radius 1 is 0.861 bits per heavy atom. The van der Waals surface area contributed by atoms with Crippen molar-refractivity contribution in [3.05, 3.63) is 68.7 Å². The van der Waals surface area contributed by atoms with Crippen LogP contribution in [0, 0.1) is 0 Å². The smallest absolute Gasteiger partial charge is 0.379 e. The maximum Gasteiger partial charge on any atom is 0.416 e. The summed E-state index contributed by atoms with van der Waals surface area (Å²) in [5.74, 6) is -1.18. The molecule has 0 aromatic heterocycles. The lowest BCUT2D eigenvalue weighted by molar-refractivity contribution is -0.143. The number of piperidine rings is 1. The molecule has 2 atom stereocenters. The number of amides is 1. The van der Waals surface area contributed by atoms with Crippen molar-refractivity contribution in [3.63, 3.8) is 0 Å². The second-order valence-electron chi connectivity index (χ2n) is 8.83. The Hall–Kier alpha value is -2.01. The van der Waals surface area contributed by atoms with Gasteiger partial charge < -0.3 is 9.64 Å². The van der Waals surface area contributed by atoms with Gasteiger partial charge >= 0.3 is 12.4 Å². The Morgan fingerprint density at radius 3 is 2.03 bits per heavy atom. The molecular formula is C24H22Cl2F6N2O2. The Labute approximate surface area is 213 Å². The van der Waals surface area contributed by atoms with Crippen LogP contribution in [0.1, 0.15) is 39.4 Å². The molecule has 0 N–H and O–H groups in total. The monoisotopic (exact) mass is 554 g/mol. The molecule has 4 nitrogen and oxygen atoms in total. The van der Waals surface area contributed by atoms with Crippen LogP contribution in [0.5, 0.6) is 0 Å². The minimum Gasteiger partial charge on any atom is -0.379 e. The highest BCUT2D eigenvalue weighted by Crippen LogP contribution is 2.38. The van der Waals surface area contributed by atoms with Crippen LogP contribution >= 0.6 is 23.2 Å². The lowest BCUT2D eigenvalue weighted by atomic mass is 9.84. The van der Waals surface area contributed by atoms with E-state index in [0.717, 1.165) is 5.56 Å². The van der Waals surface area contributed by atoms with Gasteiger partial charge in [0.2, 0.25) is 0 Å². The lowest BCUT2D eigenvalue weighted by Crippen LogP contribution is -2.54. The molecule has 2 aromatic carbocycles. The van der Waals surface area contributed by atoms with Gasteiger partial charge in [-0.15, -0.1) is 0 Å². The van der Waals surface area contributed by atoms with Crippen LogP contribution in [-0.2, 0) is 17.1 Å². The molecule has 36 heavy (non-hydrogen) atoms. The molecular weight excluding hydrogens is 533 g/mol. The molecule has 12 heteroatoms. The number of likely N-dealkylation sites (tertiary alicyclic amines) is 1. The molecule has 1 amide bonds. The molecule has 2 aromatic rings. The normalized spacial score (nSPS) is 22.1. The fourth-order valence-electron chi connectivity index (χ4n) is 4.80. The Bertz CT molecular complexity index is 1090. The third-order valence-electron chi connectivity index (χ3n) is 6.58. The van der Waals surface area contributed by atoms with E-state index in [9.17, 15) is 31.1 Å². The zero-order chi connectivity index (χ0) is 26.3.